The average Bonchev–Trinajstić information content (AvgIpc) is 1.88. The van der Waals surface area contributed by atoms with Crippen LogP contribution in [0.5, 0.6) is 0 Å². The third kappa shape index (κ3) is 2.60. The van der Waals surface area contributed by atoms with Crippen LogP contribution in [0, 0.1) is 0 Å². The first-order valence-electron chi connectivity index (χ1n) is 3.04. The quantitative estimate of drug-likeness (QED) is 0.478. The summed E-state index contributed by atoms with van der Waals surface area (Å²) < 4.78 is 14.4. The van der Waals surface area contributed by atoms with Crippen LogP contribution < -0.4 is 0 Å². The standard InChI is InChI=1S/C4H7B3O3/c1-4(2)3-7-9-5-8-6-10-7/h3H,1-2H3. The van der Waals surface area contributed by atoms with Crippen molar-refractivity contribution < 1.29 is 13.7 Å². The van der Waals surface area contributed by atoms with Crippen molar-refractivity contribution in [3.8, 4) is 0 Å². The monoisotopic (exact) mass is 136 g/mol. The second-order valence-corrected chi connectivity index (χ2v) is 2.21. The van der Waals surface area contributed by atoms with Gasteiger partial charge in [0.05, 0.1) is 0 Å². The molecule has 6 heteroatoms. The number of hydrogen-bond donors (Lipinski definition) is 0. The van der Waals surface area contributed by atoms with E-state index in [4.69, 9.17) is 9.14 Å². The highest BCUT2D eigenvalue weighted by atomic mass is 16.7. The molecule has 0 aromatic rings. The summed E-state index contributed by atoms with van der Waals surface area (Å²) in [6.07, 6.45) is 0. The molecule has 0 bridgehead atoms. The highest BCUT2D eigenvalue weighted by molar-refractivity contribution is 6.64. The van der Waals surface area contributed by atoms with E-state index < -0.39 is 0 Å². The SMILES string of the molecule is CC(C)=CB1O[B]O[B]O1. The molecule has 0 atom stereocenters. The molecule has 3 nitrogen and oxygen atoms in total. The first-order chi connectivity index (χ1) is 4.79. The first-order valence-corrected chi connectivity index (χ1v) is 3.04. The van der Waals surface area contributed by atoms with Crippen LogP contribution in [0.15, 0.2) is 11.5 Å². The fourth-order valence-corrected chi connectivity index (χ4v) is 0.579. The van der Waals surface area contributed by atoms with E-state index in [2.05, 4.69) is 4.57 Å². The molecular weight excluding hydrogens is 128 g/mol. The zero-order valence-electron chi connectivity index (χ0n) is 6.03. The molecule has 1 heterocycles. The van der Waals surface area contributed by atoms with Crippen LogP contribution in [-0.2, 0) is 13.7 Å². The summed E-state index contributed by atoms with van der Waals surface area (Å²) in [5, 5.41) is 0. The Kier molecular flexibility index (Phi) is 3.05. The molecule has 1 saturated heterocycles. The molecular formula is C4H7B3O3. The highest BCUT2D eigenvalue weighted by Crippen LogP contribution is 1.99. The second kappa shape index (κ2) is 3.86. The van der Waals surface area contributed by atoms with Gasteiger partial charge in [-0.05, 0) is 13.8 Å². The molecule has 1 rings (SSSR count). The summed E-state index contributed by atoms with van der Waals surface area (Å²) in [6.45, 7) is 3.95. The van der Waals surface area contributed by atoms with Gasteiger partial charge in [0.2, 0.25) is 0 Å². The minimum atomic E-state index is -0.321. The number of allylic oxidation sites excluding steroid dienone is 1. The van der Waals surface area contributed by atoms with Gasteiger partial charge in [0.25, 0.3) is 0 Å². The molecule has 0 N–H and O–H groups in total. The maximum atomic E-state index is 4.91. The Morgan fingerprint density at radius 2 is 1.90 bits per heavy atom. The van der Waals surface area contributed by atoms with Crippen molar-refractivity contribution in [2.24, 2.45) is 0 Å². The van der Waals surface area contributed by atoms with Gasteiger partial charge in [-0.15, -0.1) is 0 Å². The van der Waals surface area contributed by atoms with Crippen molar-refractivity contribution in [2.45, 2.75) is 13.8 Å². The van der Waals surface area contributed by atoms with E-state index in [-0.39, 0.29) is 7.12 Å². The van der Waals surface area contributed by atoms with Gasteiger partial charge in [0, 0.05) is 0 Å². The Morgan fingerprint density at radius 1 is 1.30 bits per heavy atom. The summed E-state index contributed by atoms with van der Waals surface area (Å²) in [6, 6.07) is 0. The van der Waals surface area contributed by atoms with Crippen LogP contribution in [0.3, 0.4) is 0 Å². The van der Waals surface area contributed by atoms with Crippen LogP contribution in [0.25, 0.3) is 0 Å². The summed E-state index contributed by atoms with van der Waals surface area (Å²) >= 11 is 0. The number of hydrogen-bond acceptors (Lipinski definition) is 3. The lowest BCUT2D eigenvalue weighted by Crippen LogP contribution is -2.33. The molecule has 1 fully saturated rings. The second-order valence-electron chi connectivity index (χ2n) is 2.21. The van der Waals surface area contributed by atoms with Gasteiger partial charge in [-0.25, -0.2) is 0 Å². The Hall–Kier alpha value is -0.185. The van der Waals surface area contributed by atoms with Gasteiger partial charge in [0.1, 0.15) is 0 Å². The summed E-state index contributed by atoms with van der Waals surface area (Å²) in [4.78, 5) is 0. The van der Waals surface area contributed by atoms with Gasteiger partial charge in [-0.1, -0.05) is 11.5 Å². The molecule has 0 spiro atoms. The lowest BCUT2D eigenvalue weighted by molar-refractivity contribution is 0.332. The molecule has 0 aromatic heterocycles. The van der Waals surface area contributed by atoms with Gasteiger partial charge < -0.3 is 13.7 Å². The van der Waals surface area contributed by atoms with Crippen LogP contribution in [0.4, 0.5) is 0 Å². The lowest BCUT2D eigenvalue weighted by atomic mass is 9.83. The van der Waals surface area contributed by atoms with E-state index in [0.29, 0.717) is 0 Å². The highest BCUT2D eigenvalue weighted by Gasteiger charge is 2.21. The molecule has 0 aromatic carbocycles. The third-order valence-electron chi connectivity index (χ3n) is 0.960. The van der Waals surface area contributed by atoms with Crippen molar-refractivity contribution in [1.82, 2.24) is 0 Å². The molecule has 0 amide bonds. The lowest BCUT2D eigenvalue weighted by Gasteiger charge is -2.15. The van der Waals surface area contributed by atoms with Crippen molar-refractivity contribution in [2.75, 3.05) is 0 Å². The Balaban J connectivity index is 2.33. The van der Waals surface area contributed by atoms with E-state index >= 15 is 0 Å². The van der Waals surface area contributed by atoms with Crippen molar-refractivity contribution >= 4 is 22.5 Å². The average molecular weight is 136 g/mol. The van der Waals surface area contributed by atoms with Crippen molar-refractivity contribution in [3.63, 3.8) is 0 Å². The topological polar surface area (TPSA) is 27.7 Å². The fourth-order valence-electron chi connectivity index (χ4n) is 0.579. The van der Waals surface area contributed by atoms with Crippen LogP contribution in [-0.4, -0.2) is 22.5 Å². The van der Waals surface area contributed by atoms with E-state index in [1.54, 1.807) is 0 Å². The predicted molar refractivity (Wildman–Crippen MR) is 39.9 cm³/mol. The maximum Gasteiger partial charge on any atom is 0.458 e. The summed E-state index contributed by atoms with van der Waals surface area (Å²) in [5.41, 5.74) is 1.15. The molecule has 1 aliphatic rings. The van der Waals surface area contributed by atoms with E-state index in [1.165, 1.54) is 15.4 Å². The van der Waals surface area contributed by atoms with Gasteiger partial charge in [-0.3, -0.25) is 0 Å². The van der Waals surface area contributed by atoms with Crippen molar-refractivity contribution in [1.29, 1.82) is 0 Å². The minimum absolute atomic E-state index is 0.321. The zero-order chi connectivity index (χ0) is 7.40. The van der Waals surface area contributed by atoms with Gasteiger partial charge >= 0.3 is 22.5 Å². The number of rotatable bonds is 1. The molecule has 50 valence electrons. The van der Waals surface area contributed by atoms with E-state index in [0.717, 1.165) is 5.57 Å². The molecule has 10 heavy (non-hydrogen) atoms. The van der Waals surface area contributed by atoms with Crippen molar-refractivity contribution in [3.05, 3.63) is 11.5 Å². The Labute approximate surface area is 62.5 Å². The molecule has 2 radical (unpaired) electrons. The fraction of sp³-hybridized carbons (Fsp3) is 0.500. The summed E-state index contributed by atoms with van der Waals surface area (Å²) in [7, 11) is 2.17. The predicted octanol–water partition coefficient (Wildman–Crippen LogP) is 0.112. The van der Waals surface area contributed by atoms with Gasteiger partial charge in [-0.2, -0.15) is 0 Å². The van der Waals surface area contributed by atoms with E-state index in [1.807, 2.05) is 19.8 Å². The molecule has 1 aliphatic heterocycles. The minimum Gasteiger partial charge on any atom is -0.457 e. The summed E-state index contributed by atoms with van der Waals surface area (Å²) in [5.74, 6) is 1.86. The molecule has 0 saturated carbocycles. The van der Waals surface area contributed by atoms with Gasteiger partial charge in [0.15, 0.2) is 0 Å². The van der Waals surface area contributed by atoms with Crippen LogP contribution in [0.2, 0.25) is 0 Å². The molecule has 0 unspecified atom stereocenters. The Bertz CT molecular complexity index is 128. The zero-order valence-corrected chi connectivity index (χ0v) is 6.03. The normalized spacial score (nSPS) is 17.2. The largest absolute Gasteiger partial charge is 0.458 e. The van der Waals surface area contributed by atoms with Crippen LogP contribution >= 0.6 is 0 Å². The smallest absolute Gasteiger partial charge is 0.457 e. The van der Waals surface area contributed by atoms with Crippen LogP contribution in [0.1, 0.15) is 13.8 Å². The molecule has 0 aliphatic carbocycles. The van der Waals surface area contributed by atoms with E-state index in [9.17, 15) is 0 Å². The Morgan fingerprint density at radius 3 is 2.40 bits per heavy atom. The maximum absolute atomic E-state index is 4.91. The first kappa shape index (κ1) is 7.92. The third-order valence-corrected chi connectivity index (χ3v) is 0.960.